The molecule has 1 heterocycles. The fourth-order valence-electron chi connectivity index (χ4n) is 4.16. The van der Waals surface area contributed by atoms with Crippen LogP contribution < -0.4 is 0 Å². The van der Waals surface area contributed by atoms with Crippen molar-refractivity contribution in [2.24, 2.45) is 5.41 Å². The molecule has 21 heavy (non-hydrogen) atoms. The first-order valence-electron chi connectivity index (χ1n) is 7.96. The van der Waals surface area contributed by atoms with Gasteiger partial charge in [0.15, 0.2) is 9.84 Å². The molecule has 2 rings (SSSR count). The van der Waals surface area contributed by atoms with E-state index < -0.39 is 21.2 Å². The van der Waals surface area contributed by atoms with Gasteiger partial charge in [0, 0.05) is 12.3 Å². The summed E-state index contributed by atoms with van der Waals surface area (Å²) in [5.41, 5.74) is -0.593. The van der Waals surface area contributed by atoms with Crippen LogP contribution >= 0.6 is 0 Å². The Hall–Kier alpha value is -0.620. The van der Waals surface area contributed by atoms with Gasteiger partial charge in [0.25, 0.3) is 0 Å². The second-order valence-corrected chi connectivity index (χ2v) is 9.00. The molecule has 6 heteroatoms. The Morgan fingerprint density at radius 3 is 2.38 bits per heavy atom. The van der Waals surface area contributed by atoms with E-state index >= 15 is 0 Å². The lowest BCUT2D eigenvalue weighted by molar-refractivity contribution is -0.153. The number of rotatable bonds is 5. The molecule has 0 aromatic heterocycles. The molecule has 0 bridgehead atoms. The van der Waals surface area contributed by atoms with E-state index in [0.29, 0.717) is 25.9 Å². The van der Waals surface area contributed by atoms with Crippen molar-refractivity contribution in [2.45, 2.75) is 63.2 Å². The lowest BCUT2D eigenvalue weighted by Crippen LogP contribution is -2.51. The van der Waals surface area contributed by atoms with Crippen LogP contribution in [0.4, 0.5) is 0 Å². The van der Waals surface area contributed by atoms with Gasteiger partial charge in [-0.1, -0.05) is 19.8 Å². The predicted octanol–water partition coefficient (Wildman–Crippen LogP) is 1.92. The molecule has 2 fully saturated rings. The van der Waals surface area contributed by atoms with Gasteiger partial charge >= 0.3 is 5.97 Å². The van der Waals surface area contributed by atoms with Gasteiger partial charge in [-0.3, -0.25) is 9.69 Å². The van der Waals surface area contributed by atoms with E-state index in [9.17, 15) is 18.3 Å². The van der Waals surface area contributed by atoms with E-state index in [0.717, 1.165) is 32.1 Å². The Morgan fingerprint density at radius 1 is 1.29 bits per heavy atom. The summed E-state index contributed by atoms with van der Waals surface area (Å²) in [5.74, 6) is -0.685. The highest BCUT2D eigenvalue weighted by atomic mass is 32.2. The third kappa shape index (κ3) is 3.42. The Labute approximate surface area is 127 Å². The van der Waals surface area contributed by atoms with E-state index in [-0.39, 0.29) is 11.3 Å². The van der Waals surface area contributed by atoms with E-state index in [4.69, 9.17) is 0 Å². The van der Waals surface area contributed by atoms with Crippen LogP contribution in [0.2, 0.25) is 0 Å². The molecule has 0 aromatic carbocycles. The molecule has 5 nitrogen and oxygen atoms in total. The van der Waals surface area contributed by atoms with Gasteiger partial charge in [-0.05, 0) is 45.2 Å². The number of hydrogen-bond acceptors (Lipinski definition) is 4. The number of nitrogens with zero attached hydrogens (tertiary/aromatic N) is 1. The molecule has 0 radical (unpaired) electrons. The number of carboxylic acids is 1. The van der Waals surface area contributed by atoms with Crippen molar-refractivity contribution < 1.29 is 18.3 Å². The van der Waals surface area contributed by atoms with Gasteiger partial charge in [0.2, 0.25) is 0 Å². The Balaban J connectivity index is 2.05. The Bertz CT molecular complexity index is 480. The van der Waals surface area contributed by atoms with Gasteiger partial charge in [-0.2, -0.15) is 0 Å². The molecule has 122 valence electrons. The van der Waals surface area contributed by atoms with Crippen LogP contribution in [-0.4, -0.2) is 55.0 Å². The zero-order valence-electron chi connectivity index (χ0n) is 13.0. The quantitative estimate of drug-likeness (QED) is 0.838. The second-order valence-electron chi connectivity index (χ2n) is 6.74. The number of carbonyl (C=O) groups is 1. The van der Waals surface area contributed by atoms with Crippen molar-refractivity contribution in [1.82, 2.24) is 4.90 Å². The topological polar surface area (TPSA) is 74.7 Å². The maximum absolute atomic E-state index is 11.9. The minimum atomic E-state index is -3.01. The summed E-state index contributed by atoms with van der Waals surface area (Å²) in [6.07, 6.45) is 6.84. The largest absolute Gasteiger partial charge is 0.481 e. The molecule has 2 unspecified atom stereocenters. The maximum Gasteiger partial charge on any atom is 0.309 e. The normalized spacial score (nSPS) is 30.4. The molecule has 0 amide bonds. The van der Waals surface area contributed by atoms with Crippen molar-refractivity contribution >= 4 is 15.8 Å². The fourth-order valence-corrected chi connectivity index (χ4v) is 5.63. The first-order valence-corrected chi connectivity index (χ1v) is 9.92. The van der Waals surface area contributed by atoms with Crippen molar-refractivity contribution in [3.8, 4) is 0 Å². The monoisotopic (exact) mass is 317 g/mol. The predicted molar refractivity (Wildman–Crippen MR) is 82.1 cm³/mol. The third-order valence-electron chi connectivity index (χ3n) is 5.37. The molecule has 1 saturated carbocycles. The van der Waals surface area contributed by atoms with Gasteiger partial charge in [-0.15, -0.1) is 0 Å². The van der Waals surface area contributed by atoms with Crippen molar-refractivity contribution in [3.05, 3.63) is 0 Å². The van der Waals surface area contributed by atoms with Crippen molar-refractivity contribution in [2.75, 3.05) is 19.3 Å². The first kappa shape index (κ1) is 16.7. The number of carboxylic acid groups (broad SMARTS) is 1. The zero-order valence-corrected chi connectivity index (χ0v) is 13.9. The summed E-state index contributed by atoms with van der Waals surface area (Å²) in [6, 6.07) is 0.0911. The lowest BCUT2D eigenvalue weighted by Gasteiger charge is -2.42. The highest BCUT2D eigenvalue weighted by molar-refractivity contribution is 7.91. The van der Waals surface area contributed by atoms with Crippen molar-refractivity contribution in [1.29, 1.82) is 0 Å². The third-order valence-corrected chi connectivity index (χ3v) is 7.02. The average Bonchev–Trinajstić information content (AvgIpc) is 2.89. The molecule has 2 atom stereocenters. The molecule has 2 aliphatic rings. The molecule has 1 saturated heterocycles. The molecule has 1 aliphatic heterocycles. The van der Waals surface area contributed by atoms with E-state index in [1.54, 1.807) is 0 Å². The van der Waals surface area contributed by atoms with Gasteiger partial charge in [0.1, 0.15) is 0 Å². The van der Waals surface area contributed by atoms with Crippen LogP contribution in [0.5, 0.6) is 0 Å². The number of aliphatic carboxylic acids is 1. The average molecular weight is 317 g/mol. The minimum Gasteiger partial charge on any atom is -0.481 e. The van der Waals surface area contributed by atoms with E-state index in [2.05, 4.69) is 4.90 Å². The lowest BCUT2D eigenvalue weighted by atomic mass is 9.74. The van der Waals surface area contributed by atoms with Crippen LogP contribution in [0.25, 0.3) is 0 Å². The second kappa shape index (κ2) is 6.24. The fraction of sp³-hybridized carbons (Fsp3) is 0.933. The Morgan fingerprint density at radius 2 is 1.90 bits per heavy atom. The van der Waals surface area contributed by atoms with Crippen LogP contribution in [0.15, 0.2) is 0 Å². The van der Waals surface area contributed by atoms with E-state index in [1.165, 1.54) is 6.26 Å². The van der Waals surface area contributed by atoms with Gasteiger partial charge < -0.3 is 5.11 Å². The van der Waals surface area contributed by atoms with E-state index in [1.807, 2.05) is 6.92 Å². The summed E-state index contributed by atoms with van der Waals surface area (Å²) in [4.78, 5) is 13.8. The smallest absolute Gasteiger partial charge is 0.309 e. The summed E-state index contributed by atoms with van der Waals surface area (Å²) >= 11 is 0. The van der Waals surface area contributed by atoms with Gasteiger partial charge in [0.05, 0.1) is 10.7 Å². The summed E-state index contributed by atoms with van der Waals surface area (Å²) in [5, 5.41) is 9.28. The van der Waals surface area contributed by atoms with Gasteiger partial charge in [-0.25, -0.2) is 8.42 Å². The SMILES string of the molecule is CCCC1(C(=O)O)CCN(C2CCCC2S(C)(=O)=O)CC1. The highest BCUT2D eigenvalue weighted by Gasteiger charge is 2.45. The Kier molecular flexibility index (Phi) is 4.98. The van der Waals surface area contributed by atoms with Crippen molar-refractivity contribution in [3.63, 3.8) is 0 Å². The standard InChI is InChI=1S/C15H27NO4S/c1-3-7-15(14(17)18)8-10-16(11-9-15)12-5-4-6-13(12)21(2,19)20/h12-13H,3-11H2,1-2H3,(H,17,18). The molecule has 0 spiro atoms. The summed E-state index contributed by atoms with van der Waals surface area (Å²) < 4.78 is 23.8. The molecule has 1 N–H and O–H groups in total. The summed E-state index contributed by atoms with van der Waals surface area (Å²) in [6.45, 7) is 3.44. The number of piperidine rings is 1. The maximum atomic E-state index is 11.9. The van der Waals surface area contributed by atoms with Crippen LogP contribution in [0.3, 0.4) is 0 Å². The van der Waals surface area contributed by atoms with Crippen LogP contribution in [0.1, 0.15) is 51.9 Å². The zero-order chi connectivity index (χ0) is 15.7. The van der Waals surface area contributed by atoms with Crippen LogP contribution in [-0.2, 0) is 14.6 Å². The van der Waals surface area contributed by atoms with Crippen LogP contribution in [0, 0.1) is 5.41 Å². The minimum absolute atomic E-state index is 0.0911. The summed E-state index contributed by atoms with van der Waals surface area (Å²) in [7, 11) is -3.01. The molecule has 1 aliphatic carbocycles. The molecule has 0 aromatic rings. The molecular weight excluding hydrogens is 290 g/mol. The highest BCUT2D eigenvalue weighted by Crippen LogP contribution is 2.39. The molecular formula is C15H27NO4S. The number of sulfone groups is 1. The number of hydrogen-bond donors (Lipinski definition) is 1. The number of likely N-dealkylation sites (tertiary alicyclic amines) is 1. The first-order chi connectivity index (χ1) is 9.80.